The van der Waals surface area contributed by atoms with E-state index in [1.54, 1.807) is 0 Å². The highest BCUT2D eigenvalue weighted by Gasteiger charge is 2.26. The SMILES string of the molecule is Cc1cccc(C(=O)N2CCc3cc(-c4nc(NC(=O)c5ccc6ccccc6c5)sc4C)ccc32)c1. The van der Waals surface area contributed by atoms with E-state index in [9.17, 15) is 9.59 Å². The van der Waals surface area contributed by atoms with Crippen LogP contribution in [-0.2, 0) is 6.42 Å². The zero-order valence-electron chi connectivity index (χ0n) is 20.6. The van der Waals surface area contributed by atoms with Crippen molar-refractivity contribution in [3.05, 3.63) is 112 Å². The molecule has 182 valence electrons. The van der Waals surface area contributed by atoms with Crippen LogP contribution >= 0.6 is 11.3 Å². The molecule has 0 spiro atoms. The first kappa shape index (κ1) is 23.1. The van der Waals surface area contributed by atoms with E-state index in [0.717, 1.165) is 50.1 Å². The lowest BCUT2D eigenvalue weighted by Gasteiger charge is -2.18. The summed E-state index contributed by atoms with van der Waals surface area (Å²) in [6.07, 6.45) is 0.801. The summed E-state index contributed by atoms with van der Waals surface area (Å²) in [6.45, 7) is 4.67. The molecule has 0 aliphatic carbocycles. The third-order valence-corrected chi connectivity index (χ3v) is 7.67. The fourth-order valence-corrected chi connectivity index (χ4v) is 5.74. The number of rotatable bonds is 4. The molecule has 5 aromatic rings. The van der Waals surface area contributed by atoms with E-state index in [-0.39, 0.29) is 11.8 Å². The highest BCUT2D eigenvalue weighted by Crippen LogP contribution is 2.36. The van der Waals surface area contributed by atoms with Gasteiger partial charge in [0, 0.05) is 33.8 Å². The Labute approximate surface area is 219 Å². The summed E-state index contributed by atoms with van der Waals surface area (Å²) in [6, 6.07) is 27.5. The van der Waals surface area contributed by atoms with Crippen molar-refractivity contribution in [1.29, 1.82) is 0 Å². The van der Waals surface area contributed by atoms with Gasteiger partial charge in [-0.1, -0.05) is 54.1 Å². The van der Waals surface area contributed by atoms with Gasteiger partial charge in [0.25, 0.3) is 11.8 Å². The Morgan fingerprint density at radius 1 is 0.865 bits per heavy atom. The summed E-state index contributed by atoms with van der Waals surface area (Å²) < 4.78 is 0. The lowest BCUT2D eigenvalue weighted by molar-refractivity contribution is 0.0987. The molecule has 1 aromatic heterocycles. The van der Waals surface area contributed by atoms with E-state index in [1.165, 1.54) is 11.3 Å². The van der Waals surface area contributed by atoms with Gasteiger partial charge in [-0.2, -0.15) is 0 Å². The minimum Gasteiger partial charge on any atom is -0.308 e. The van der Waals surface area contributed by atoms with Gasteiger partial charge in [-0.3, -0.25) is 14.9 Å². The maximum absolute atomic E-state index is 13.1. The van der Waals surface area contributed by atoms with Gasteiger partial charge >= 0.3 is 0 Å². The topological polar surface area (TPSA) is 62.3 Å². The molecule has 0 saturated carbocycles. The molecule has 6 heteroatoms. The molecule has 1 aliphatic rings. The lowest BCUT2D eigenvalue weighted by atomic mass is 10.1. The zero-order valence-corrected chi connectivity index (χ0v) is 21.4. The number of carbonyl (C=O) groups is 2. The highest BCUT2D eigenvalue weighted by molar-refractivity contribution is 7.16. The van der Waals surface area contributed by atoms with E-state index in [4.69, 9.17) is 4.98 Å². The maximum atomic E-state index is 13.1. The molecule has 0 saturated heterocycles. The third kappa shape index (κ3) is 4.41. The number of hydrogen-bond acceptors (Lipinski definition) is 4. The van der Waals surface area contributed by atoms with Crippen molar-refractivity contribution >= 4 is 44.7 Å². The van der Waals surface area contributed by atoms with Crippen LogP contribution in [0, 0.1) is 13.8 Å². The third-order valence-electron chi connectivity index (χ3n) is 6.79. The van der Waals surface area contributed by atoms with E-state index in [2.05, 4.69) is 11.4 Å². The summed E-state index contributed by atoms with van der Waals surface area (Å²) in [5.74, 6) is -0.149. The quantitative estimate of drug-likeness (QED) is 0.286. The predicted octanol–water partition coefficient (Wildman–Crippen LogP) is 7.04. The first-order valence-electron chi connectivity index (χ1n) is 12.3. The molecule has 1 N–H and O–H groups in total. The number of carbonyl (C=O) groups excluding carboxylic acids is 2. The van der Waals surface area contributed by atoms with Crippen molar-refractivity contribution in [2.24, 2.45) is 0 Å². The van der Waals surface area contributed by atoms with Crippen molar-refractivity contribution in [3.8, 4) is 11.3 Å². The molecule has 5 nitrogen and oxygen atoms in total. The smallest absolute Gasteiger partial charge is 0.258 e. The van der Waals surface area contributed by atoms with Crippen LogP contribution in [-0.4, -0.2) is 23.3 Å². The van der Waals surface area contributed by atoms with Crippen LogP contribution in [0.15, 0.2) is 84.9 Å². The number of nitrogens with zero attached hydrogens (tertiary/aromatic N) is 2. The Morgan fingerprint density at radius 2 is 1.70 bits per heavy atom. The average molecular weight is 504 g/mol. The van der Waals surface area contributed by atoms with Gasteiger partial charge in [-0.15, -0.1) is 11.3 Å². The van der Waals surface area contributed by atoms with Crippen molar-refractivity contribution in [2.75, 3.05) is 16.8 Å². The number of fused-ring (bicyclic) bond motifs is 2. The van der Waals surface area contributed by atoms with Crippen molar-refractivity contribution < 1.29 is 9.59 Å². The monoisotopic (exact) mass is 503 g/mol. The normalized spacial score (nSPS) is 12.5. The second-order valence-electron chi connectivity index (χ2n) is 9.36. The first-order chi connectivity index (χ1) is 18.0. The van der Waals surface area contributed by atoms with E-state index in [1.807, 2.05) is 97.6 Å². The van der Waals surface area contributed by atoms with Crippen LogP contribution in [0.1, 0.15) is 36.7 Å². The van der Waals surface area contributed by atoms with Crippen molar-refractivity contribution in [3.63, 3.8) is 0 Å². The molecule has 37 heavy (non-hydrogen) atoms. The van der Waals surface area contributed by atoms with Gasteiger partial charge < -0.3 is 4.90 Å². The molecule has 2 amide bonds. The second-order valence-corrected chi connectivity index (χ2v) is 10.6. The van der Waals surface area contributed by atoms with Gasteiger partial charge in [0.15, 0.2) is 5.13 Å². The van der Waals surface area contributed by atoms with Crippen LogP contribution in [0.4, 0.5) is 10.8 Å². The molecule has 1 aliphatic heterocycles. The van der Waals surface area contributed by atoms with Gasteiger partial charge in [-0.05, 0) is 73.0 Å². The van der Waals surface area contributed by atoms with Crippen molar-refractivity contribution in [2.45, 2.75) is 20.3 Å². The number of amides is 2. The first-order valence-corrected chi connectivity index (χ1v) is 13.1. The number of aryl methyl sites for hydroxylation is 2. The van der Waals surface area contributed by atoms with Gasteiger partial charge in [0.2, 0.25) is 0 Å². The van der Waals surface area contributed by atoms with Crippen LogP contribution in [0.2, 0.25) is 0 Å². The molecule has 2 heterocycles. The highest BCUT2D eigenvalue weighted by atomic mass is 32.1. The lowest BCUT2D eigenvalue weighted by Crippen LogP contribution is -2.28. The molecule has 0 radical (unpaired) electrons. The number of thiazole rings is 1. The summed E-state index contributed by atoms with van der Waals surface area (Å²) in [5, 5.41) is 5.66. The minimum absolute atomic E-state index is 0.0266. The van der Waals surface area contributed by atoms with Crippen LogP contribution < -0.4 is 10.2 Å². The molecule has 0 unspecified atom stereocenters. The van der Waals surface area contributed by atoms with E-state index in [0.29, 0.717) is 22.8 Å². The second kappa shape index (κ2) is 9.30. The maximum Gasteiger partial charge on any atom is 0.258 e. The minimum atomic E-state index is -0.176. The molecule has 0 fully saturated rings. The molecule has 0 atom stereocenters. The van der Waals surface area contributed by atoms with Gasteiger partial charge in [0.1, 0.15) is 0 Å². The van der Waals surface area contributed by atoms with Gasteiger partial charge in [-0.25, -0.2) is 4.98 Å². The molecular weight excluding hydrogens is 478 g/mol. The van der Waals surface area contributed by atoms with E-state index >= 15 is 0 Å². The summed E-state index contributed by atoms with van der Waals surface area (Å²) in [7, 11) is 0. The largest absolute Gasteiger partial charge is 0.308 e. The Balaban J connectivity index is 1.22. The van der Waals surface area contributed by atoms with Crippen LogP contribution in [0.3, 0.4) is 0 Å². The Morgan fingerprint density at radius 3 is 2.54 bits per heavy atom. The molecular formula is C31H25N3O2S. The Kier molecular flexibility index (Phi) is 5.81. The van der Waals surface area contributed by atoms with Crippen molar-refractivity contribution in [1.82, 2.24) is 4.98 Å². The summed E-state index contributed by atoms with van der Waals surface area (Å²) >= 11 is 1.47. The zero-order chi connectivity index (χ0) is 25.5. The Hall–Kier alpha value is -4.29. The fraction of sp³-hybridized carbons (Fsp3) is 0.129. The number of aromatic nitrogens is 1. The standard InChI is InChI=1S/C31H25N3O2S/c1-19-6-5-9-26(16-19)30(36)34-15-14-23-18-24(12-13-27(23)34)28-20(2)37-31(32-28)33-29(35)25-11-10-21-7-3-4-8-22(21)17-25/h3-13,16-18H,14-15H2,1-2H3,(H,32,33,35). The molecule has 4 aromatic carbocycles. The van der Waals surface area contributed by atoms with Crippen LogP contribution in [0.25, 0.3) is 22.0 Å². The van der Waals surface area contributed by atoms with Gasteiger partial charge in [0.05, 0.1) is 5.69 Å². The fourth-order valence-electron chi connectivity index (χ4n) is 4.91. The predicted molar refractivity (Wildman–Crippen MR) is 151 cm³/mol. The molecule has 0 bridgehead atoms. The number of anilines is 2. The number of hydrogen-bond donors (Lipinski definition) is 1. The number of nitrogens with one attached hydrogen (secondary N) is 1. The number of benzene rings is 4. The molecule has 6 rings (SSSR count). The van der Waals surface area contributed by atoms with Crippen LogP contribution in [0.5, 0.6) is 0 Å². The summed E-state index contributed by atoms with van der Waals surface area (Å²) in [5.41, 5.74) is 6.31. The van der Waals surface area contributed by atoms with E-state index < -0.39 is 0 Å². The summed E-state index contributed by atoms with van der Waals surface area (Å²) in [4.78, 5) is 33.7. The average Bonchev–Trinajstić information content (AvgIpc) is 3.50. The Bertz CT molecular complexity index is 1690.